The molecule has 1 atom stereocenters. The monoisotopic (exact) mass is 253 g/mol. The first-order valence-corrected chi connectivity index (χ1v) is 6.11. The molecule has 17 heavy (non-hydrogen) atoms. The highest BCUT2D eigenvalue weighted by atomic mass is 32.2. The van der Waals surface area contributed by atoms with Crippen LogP contribution in [0.1, 0.15) is 24.7 Å². The van der Waals surface area contributed by atoms with Crippen LogP contribution in [-0.2, 0) is 5.75 Å². The maximum absolute atomic E-state index is 13.3. The summed E-state index contributed by atoms with van der Waals surface area (Å²) in [6.45, 7) is 1.77. The molecule has 6 heteroatoms. The summed E-state index contributed by atoms with van der Waals surface area (Å²) in [5.41, 5.74) is 5.60. The molecular weight excluding hydrogens is 241 g/mol. The van der Waals surface area contributed by atoms with Crippen molar-refractivity contribution in [1.82, 2.24) is 10.1 Å². The minimum atomic E-state index is -0.283. The third-order valence-corrected chi connectivity index (χ3v) is 3.11. The van der Waals surface area contributed by atoms with E-state index in [2.05, 4.69) is 10.1 Å². The molecule has 0 aliphatic heterocycles. The second-order valence-electron chi connectivity index (χ2n) is 3.56. The number of nitrogens with two attached hydrogens (primary N) is 1. The van der Waals surface area contributed by atoms with Gasteiger partial charge < -0.3 is 10.3 Å². The number of benzene rings is 1. The summed E-state index contributed by atoms with van der Waals surface area (Å²) in [6.07, 6.45) is 0. The molecule has 0 unspecified atom stereocenters. The number of hydrogen-bond donors (Lipinski definition) is 1. The van der Waals surface area contributed by atoms with Gasteiger partial charge in [0.2, 0.25) is 5.89 Å². The Labute approximate surface area is 102 Å². The highest BCUT2D eigenvalue weighted by Gasteiger charge is 2.11. The fraction of sp³-hybridized carbons (Fsp3) is 0.273. The molecule has 0 fully saturated rings. The molecule has 1 aromatic heterocycles. The molecule has 2 N–H and O–H groups in total. The van der Waals surface area contributed by atoms with Crippen molar-refractivity contribution in [3.05, 3.63) is 41.8 Å². The van der Waals surface area contributed by atoms with E-state index in [-0.39, 0.29) is 11.9 Å². The van der Waals surface area contributed by atoms with Crippen LogP contribution < -0.4 is 5.73 Å². The first-order valence-electron chi connectivity index (χ1n) is 5.12. The predicted molar refractivity (Wildman–Crippen MR) is 62.9 cm³/mol. The van der Waals surface area contributed by atoms with E-state index < -0.39 is 0 Å². The molecule has 0 radical (unpaired) electrons. The van der Waals surface area contributed by atoms with E-state index in [0.29, 0.717) is 22.4 Å². The fourth-order valence-corrected chi connectivity index (χ4v) is 2.00. The van der Waals surface area contributed by atoms with Crippen molar-refractivity contribution >= 4 is 11.8 Å². The molecular formula is C11H12FN3OS. The van der Waals surface area contributed by atoms with Gasteiger partial charge in [0.1, 0.15) is 5.82 Å². The van der Waals surface area contributed by atoms with E-state index >= 15 is 0 Å². The van der Waals surface area contributed by atoms with Crippen LogP contribution in [0, 0.1) is 5.82 Å². The maximum Gasteiger partial charge on any atom is 0.243 e. The van der Waals surface area contributed by atoms with Crippen molar-refractivity contribution in [2.75, 3.05) is 0 Å². The Morgan fingerprint density at radius 2 is 2.24 bits per heavy atom. The Morgan fingerprint density at radius 3 is 2.88 bits per heavy atom. The second-order valence-corrected chi connectivity index (χ2v) is 4.57. The van der Waals surface area contributed by atoms with Crippen molar-refractivity contribution in [2.24, 2.45) is 5.73 Å². The van der Waals surface area contributed by atoms with Crippen molar-refractivity contribution in [2.45, 2.75) is 23.6 Å². The molecule has 0 spiro atoms. The summed E-state index contributed by atoms with van der Waals surface area (Å²) >= 11 is 1.32. The number of nitrogens with zero attached hydrogens (tertiary/aromatic N) is 2. The Bertz CT molecular complexity index is 501. The van der Waals surface area contributed by atoms with E-state index in [0.717, 1.165) is 0 Å². The molecule has 2 rings (SSSR count). The minimum absolute atomic E-state index is 0.242. The Morgan fingerprint density at radius 1 is 1.47 bits per heavy atom. The molecule has 0 saturated heterocycles. The summed E-state index contributed by atoms with van der Waals surface area (Å²) in [4.78, 5) is 4.68. The fourth-order valence-electron chi connectivity index (χ4n) is 1.22. The molecule has 1 heterocycles. The van der Waals surface area contributed by atoms with Crippen LogP contribution >= 0.6 is 11.8 Å². The van der Waals surface area contributed by atoms with Gasteiger partial charge in [0.25, 0.3) is 0 Å². The van der Waals surface area contributed by atoms with E-state index in [1.165, 1.54) is 17.8 Å². The third kappa shape index (κ3) is 3.04. The van der Waals surface area contributed by atoms with Gasteiger partial charge in [0.05, 0.1) is 11.8 Å². The Hall–Kier alpha value is -1.40. The lowest BCUT2D eigenvalue weighted by molar-refractivity contribution is 0.358. The molecule has 2 aromatic rings. The lowest BCUT2D eigenvalue weighted by atomic mass is 10.3. The molecule has 0 aliphatic carbocycles. The smallest absolute Gasteiger partial charge is 0.243 e. The third-order valence-electron chi connectivity index (χ3n) is 2.07. The van der Waals surface area contributed by atoms with Gasteiger partial charge in [0, 0.05) is 4.90 Å². The van der Waals surface area contributed by atoms with Crippen LogP contribution in [0.4, 0.5) is 4.39 Å². The Balaban J connectivity index is 2.00. The summed E-state index contributed by atoms with van der Waals surface area (Å²) in [6, 6.07) is 6.30. The SMILES string of the molecule is C[C@H](N)c1nc(CSc2ccccc2F)no1. The first-order chi connectivity index (χ1) is 8.16. The van der Waals surface area contributed by atoms with Gasteiger partial charge in [-0.2, -0.15) is 4.98 Å². The summed E-state index contributed by atoms with van der Waals surface area (Å²) < 4.78 is 18.3. The van der Waals surface area contributed by atoms with Crippen molar-refractivity contribution in [3.63, 3.8) is 0 Å². The summed E-state index contributed by atoms with van der Waals surface area (Å²) in [5.74, 6) is 1.13. The van der Waals surface area contributed by atoms with Gasteiger partial charge in [-0.1, -0.05) is 17.3 Å². The summed E-state index contributed by atoms with van der Waals surface area (Å²) in [5, 5.41) is 3.77. The molecule has 0 aliphatic rings. The highest BCUT2D eigenvalue weighted by molar-refractivity contribution is 7.98. The molecule has 4 nitrogen and oxygen atoms in total. The zero-order valence-electron chi connectivity index (χ0n) is 9.26. The number of halogens is 1. The van der Waals surface area contributed by atoms with E-state index in [1.807, 2.05) is 0 Å². The molecule has 0 bridgehead atoms. The lowest BCUT2D eigenvalue weighted by Gasteiger charge is -1.99. The largest absolute Gasteiger partial charge is 0.338 e. The van der Waals surface area contributed by atoms with Crippen LogP contribution in [-0.4, -0.2) is 10.1 Å². The molecule has 0 amide bonds. The number of thioether (sulfide) groups is 1. The van der Waals surface area contributed by atoms with Gasteiger partial charge in [-0.25, -0.2) is 4.39 Å². The van der Waals surface area contributed by atoms with E-state index in [4.69, 9.17) is 10.3 Å². The van der Waals surface area contributed by atoms with Crippen LogP contribution in [0.2, 0.25) is 0 Å². The maximum atomic E-state index is 13.3. The van der Waals surface area contributed by atoms with Crippen molar-refractivity contribution < 1.29 is 8.91 Å². The normalized spacial score (nSPS) is 12.6. The van der Waals surface area contributed by atoms with Gasteiger partial charge in [-0.15, -0.1) is 11.8 Å². The average molecular weight is 253 g/mol. The topological polar surface area (TPSA) is 64.9 Å². The van der Waals surface area contributed by atoms with Crippen LogP contribution in [0.15, 0.2) is 33.7 Å². The highest BCUT2D eigenvalue weighted by Crippen LogP contribution is 2.24. The lowest BCUT2D eigenvalue weighted by Crippen LogP contribution is -2.05. The first kappa shape index (κ1) is 12.1. The number of hydrogen-bond acceptors (Lipinski definition) is 5. The Kier molecular flexibility index (Phi) is 3.75. The summed E-state index contributed by atoms with van der Waals surface area (Å²) in [7, 11) is 0. The van der Waals surface area contributed by atoms with Gasteiger partial charge in [0.15, 0.2) is 5.82 Å². The van der Waals surface area contributed by atoms with Crippen molar-refractivity contribution in [3.8, 4) is 0 Å². The minimum Gasteiger partial charge on any atom is -0.338 e. The van der Waals surface area contributed by atoms with Crippen molar-refractivity contribution in [1.29, 1.82) is 0 Å². The van der Waals surface area contributed by atoms with Gasteiger partial charge in [-0.05, 0) is 19.1 Å². The molecule has 0 saturated carbocycles. The van der Waals surface area contributed by atoms with E-state index in [1.54, 1.807) is 25.1 Å². The number of rotatable bonds is 4. The van der Waals surface area contributed by atoms with E-state index in [9.17, 15) is 4.39 Å². The quantitative estimate of drug-likeness (QED) is 0.848. The van der Waals surface area contributed by atoms with Gasteiger partial charge in [-0.3, -0.25) is 0 Å². The van der Waals surface area contributed by atoms with Crippen LogP contribution in [0.5, 0.6) is 0 Å². The van der Waals surface area contributed by atoms with Crippen LogP contribution in [0.3, 0.4) is 0 Å². The van der Waals surface area contributed by atoms with Crippen LogP contribution in [0.25, 0.3) is 0 Å². The predicted octanol–water partition coefficient (Wildman–Crippen LogP) is 2.52. The molecule has 1 aromatic carbocycles. The molecule has 90 valence electrons. The second kappa shape index (κ2) is 5.29. The standard InChI is InChI=1S/C11H12FN3OS/c1-7(13)11-14-10(15-16-11)6-17-9-5-3-2-4-8(9)12/h2-5,7H,6,13H2,1H3/t7-/m0/s1. The average Bonchev–Trinajstić information content (AvgIpc) is 2.77. The number of aromatic nitrogens is 2. The zero-order valence-corrected chi connectivity index (χ0v) is 10.1. The van der Waals surface area contributed by atoms with Gasteiger partial charge >= 0.3 is 0 Å². The zero-order chi connectivity index (χ0) is 12.3.